The lowest BCUT2D eigenvalue weighted by molar-refractivity contribution is -0.380. The molecule has 4 N–H and O–H groups in total. The summed E-state index contributed by atoms with van der Waals surface area (Å²) >= 11 is 0. The predicted molar refractivity (Wildman–Crippen MR) is 75.4 cm³/mol. The third kappa shape index (κ3) is 2.04. The minimum Gasteiger partial charge on any atom is -0.458 e. The average molecular weight is 282 g/mol. The lowest BCUT2D eigenvalue weighted by Crippen LogP contribution is -2.17. The molecule has 21 heavy (non-hydrogen) atoms. The van der Waals surface area contributed by atoms with E-state index in [1.54, 1.807) is 6.33 Å². The molecule has 7 heteroatoms. The van der Waals surface area contributed by atoms with Crippen LogP contribution in [0.4, 0.5) is 5.95 Å². The topological polar surface area (TPSA) is 104 Å². The van der Waals surface area contributed by atoms with Gasteiger partial charge in [0.05, 0.1) is 6.33 Å². The monoisotopic (exact) mass is 282 g/mol. The van der Waals surface area contributed by atoms with E-state index in [-0.39, 0.29) is 12.6 Å². The molecule has 0 saturated carbocycles. The number of imidazole rings is 1. The summed E-state index contributed by atoms with van der Waals surface area (Å²) in [6.07, 6.45) is 1.54. The number of furan rings is 1. The average Bonchev–Trinajstić information content (AvgIpc) is 3.10. The largest absolute Gasteiger partial charge is 0.458 e. The maximum absolute atomic E-state index is 5.73. The van der Waals surface area contributed by atoms with Gasteiger partial charge >= 0.3 is 5.95 Å². The Morgan fingerprint density at radius 3 is 3.14 bits per heavy atom. The zero-order chi connectivity index (χ0) is 14.2. The third-order valence-electron chi connectivity index (χ3n) is 3.15. The molecule has 0 radical (unpaired) electrons. The number of para-hydroxylation sites is 1. The SMILES string of the molecule is Nc1nc2nc[nH]c2c(OCc2cc3ccccc3o2)[nH+]1. The highest BCUT2D eigenvalue weighted by Gasteiger charge is 2.15. The number of ether oxygens (including phenoxy) is 1. The van der Waals surface area contributed by atoms with E-state index in [0.29, 0.717) is 17.0 Å². The molecular weight excluding hydrogens is 270 g/mol. The molecule has 0 saturated heterocycles. The summed E-state index contributed by atoms with van der Waals surface area (Å²) in [5.41, 5.74) is 7.70. The molecule has 4 rings (SSSR count). The third-order valence-corrected chi connectivity index (χ3v) is 3.15. The molecule has 0 aliphatic carbocycles. The summed E-state index contributed by atoms with van der Waals surface area (Å²) in [4.78, 5) is 14.0. The van der Waals surface area contributed by atoms with E-state index in [1.807, 2.05) is 30.3 Å². The van der Waals surface area contributed by atoms with E-state index in [0.717, 1.165) is 16.7 Å². The molecule has 0 bridgehead atoms. The van der Waals surface area contributed by atoms with Crippen molar-refractivity contribution in [1.29, 1.82) is 0 Å². The summed E-state index contributed by atoms with van der Waals surface area (Å²) in [5, 5.41) is 1.04. The summed E-state index contributed by atoms with van der Waals surface area (Å²) in [5.74, 6) is 1.46. The molecule has 0 fully saturated rings. The highest BCUT2D eigenvalue weighted by Crippen LogP contribution is 2.21. The van der Waals surface area contributed by atoms with Crippen LogP contribution in [0, 0.1) is 0 Å². The first kappa shape index (κ1) is 11.7. The maximum Gasteiger partial charge on any atom is 0.392 e. The normalized spacial score (nSPS) is 11.2. The number of nitrogens with one attached hydrogen (secondary N) is 2. The Bertz CT molecular complexity index is 894. The molecule has 0 aliphatic rings. The smallest absolute Gasteiger partial charge is 0.392 e. The van der Waals surface area contributed by atoms with Crippen LogP contribution in [0.3, 0.4) is 0 Å². The quantitative estimate of drug-likeness (QED) is 0.595. The highest BCUT2D eigenvalue weighted by atomic mass is 16.5. The van der Waals surface area contributed by atoms with Crippen molar-refractivity contribution < 1.29 is 14.1 Å². The Labute approximate surface area is 118 Å². The summed E-state index contributed by atoms with van der Waals surface area (Å²) in [6.45, 7) is 0.281. The van der Waals surface area contributed by atoms with E-state index in [2.05, 4.69) is 19.9 Å². The van der Waals surface area contributed by atoms with E-state index in [1.165, 1.54) is 0 Å². The summed E-state index contributed by atoms with van der Waals surface area (Å²) in [6, 6.07) is 9.76. The van der Waals surface area contributed by atoms with Gasteiger partial charge in [-0.1, -0.05) is 18.2 Å². The predicted octanol–water partition coefficient (Wildman–Crippen LogP) is 1.68. The molecule has 4 aromatic rings. The summed E-state index contributed by atoms with van der Waals surface area (Å²) < 4.78 is 11.4. The van der Waals surface area contributed by atoms with Crippen molar-refractivity contribution in [3.05, 3.63) is 42.4 Å². The first-order valence-corrected chi connectivity index (χ1v) is 6.42. The second-order valence-electron chi connectivity index (χ2n) is 4.59. The van der Waals surface area contributed by atoms with Crippen molar-refractivity contribution in [2.75, 3.05) is 5.73 Å². The molecular formula is C14H12N5O2+. The van der Waals surface area contributed by atoms with Gasteiger partial charge < -0.3 is 14.1 Å². The number of nitrogen functional groups attached to an aromatic ring is 1. The van der Waals surface area contributed by atoms with Crippen molar-refractivity contribution in [2.45, 2.75) is 6.61 Å². The van der Waals surface area contributed by atoms with E-state index >= 15 is 0 Å². The molecule has 0 amide bonds. The van der Waals surface area contributed by atoms with Crippen molar-refractivity contribution >= 4 is 28.1 Å². The Balaban J connectivity index is 1.64. The first-order valence-electron chi connectivity index (χ1n) is 6.42. The van der Waals surface area contributed by atoms with Gasteiger partial charge in [0.1, 0.15) is 18.0 Å². The fourth-order valence-corrected chi connectivity index (χ4v) is 2.22. The molecule has 0 aliphatic heterocycles. The number of H-pyrrole nitrogens is 2. The highest BCUT2D eigenvalue weighted by molar-refractivity contribution is 5.77. The lowest BCUT2D eigenvalue weighted by Gasteiger charge is -2.01. The van der Waals surface area contributed by atoms with Crippen LogP contribution in [-0.4, -0.2) is 15.0 Å². The fraction of sp³-hybridized carbons (Fsp3) is 0.0714. The number of hydrogen-bond donors (Lipinski definition) is 2. The summed E-state index contributed by atoms with van der Waals surface area (Å²) in [7, 11) is 0. The molecule has 3 aromatic heterocycles. The number of fused-ring (bicyclic) bond motifs is 2. The number of benzene rings is 1. The van der Waals surface area contributed by atoms with Gasteiger partial charge in [-0.15, -0.1) is 0 Å². The van der Waals surface area contributed by atoms with Gasteiger partial charge in [0.25, 0.3) is 11.5 Å². The minimum atomic E-state index is 0.245. The van der Waals surface area contributed by atoms with Gasteiger partial charge in [-0.2, -0.15) is 0 Å². The van der Waals surface area contributed by atoms with Crippen LogP contribution < -0.4 is 15.5 Å². The van der Waals surface area contributed by atoms with Crippen LogP contribution in [0.2, 0.25) is 0 Å². The van der Waals surface area contributed by atoms with E-state index in [4.69, 9.17) is 14.9 Å². The Morgan fingerprint density at radius 1 is 1.33 bits per heavy atom. The van der Waals surface area contributed by atoms with Gasteiger partial charge in [0.15, 0.2) is 5.52 Å². The van der Waals surface area contributed by atoms with E-state index < -0.39 is 0 Å². The lowest BCUT2D eigenvalue weighted by atomic mass is 10.2. The molecule has 3 heterocycles. The number of rotatable bonds is 3. The number of anilines is 1. The van der Waals surface area contributed by atoms with Crippen molar-refractivity contribution in [3.63, 3.8) is 0 Å². The molecule has 1 aromatic carbocycles. The zero-order valence-electron chi connectivity index (χ0n) is 11.0. The van der Waals surface area contributed by atoms with Crippen LogP contribution >= 0.6 is 0 Å². The zero-order valence-corrected chi connectivity index (χ0v) is 11.0. The molecule has 0 unspecified atom stereocenters. The van der Waals surface area contributed by atoms with Gasteiger partial charge in [-0.05, 0) is 17.1 Å². The number of hydrogen-bond acceptors (Lipinski definition) is 5. The number of nitrogens with two attached hydrogens (primary N) is 1. The number of nitrogens with zero attached hydrogens (tertiary/aromatic N) is 2. The van der Waals surface area contributed by atoms with Gasteiger partial charge in [-0.25, -0.2) is 9.97 Å². The fourth-order valence-electron chi connectivity index (χ4n) is 2.22. The molecule has 0 spiro atoms. The molecule has 0 atom stereocenters. The van der Waals surface area contributed by atoms with Gasteiger partial charge in [-0.3, -0.25) is 5.73 Å². The van der Waals surface area contributed by atoms with Gasteiger partial charge in [0.2, 0.25) is 0 Å². The Kier molecular flexibility index (Phi) is 2.50. The van der Waals surface area contributed by atoms with Crippen molar-refractivity contribution in [1.82, 2.24) is 15.0 Å². The van der Waals surface area contributed by atoms with E-state index in [9.17, 15) is 0 Å². The van der Waals surface area contributed by atoms with Crippen LogP contribution in [0.25, 0.3) is 22.1 Å². The molecule has 7 nitrogen and oxygen atoms in total. The second-order valence-corrected chi connectivity index (χ2v) is 4.59. The van der Waals surface area contributed by atoms with Gasteiger partial charge in [0, 0.05) is 5.39 Å². The van der Waals surface area contributed by atoms with Crippen LogP contribution in [0.1, 0.15) is 5.76 Å². The maximum atomic E-state index is 5.73. The van der Waals surface area contributed by atoms with Crippen LogP contribution in [-0.2, 0) is 6.61 Å². The van der Waals surface area contributed by atoms with Crippen molar-refractivity contribution in [2.24, 2.45) is 0 Å². The number of aromatic nitrogens is 4. The Morgan fingerprint density at radius 2 is 2.24 bits per heavy atom. The minimum absolute atomic E-state index is 0.245. The second kappa shape index (κ2) is 4.48. The standard InChI is InChI=1S/C14H11N5O2/c15-14-18-12-11(16-7-17-12)13(19-14)20-6-9-5-8-3-1-2-4-10(8)21-9/h1-5,7H,6H2,(H3,15,16,17,18,19)/p+1. The Hall–Kier alpha value is -3.09. The van der Waals surface area contributed by atoms with Crippen LogP contribution in [0.15, 0.2) is 41.1 Å². The first-order chi connectivity index (χ1) is 10.3. The number of aromatic amines is 2. The van der Waals surface area contributed by atoms with Crippen LogP contribution in [0.5, 0.6) is 5.88 Å². The van der Waals surface area contributed by atoms with Crippen molar-refractivity contribution in [3.8, 4) is 5.88 Å². The molecule has 104 valence electrons.